The number of halogens is 1. The van der Waals surface area contributed by atoms with Gasteiger partial charge in [-0.2, -0.15) is 5.10 Å². The van der Waals surface area contributed by atoms with E-state index < -0.39 is 0 Å². The van der Waals surface area contributed by atoms with Crippen LogP contribution in [0, 0.1) is 12.8 Å². The van der Waals surface area contributed by atoms with Gasteiger partial charge in [0.2, 0.25) is 5.91 Å². The molecule has 3 aromatic rings. The Labute approximate surface area is 180 Å². The highest BCUT2D eigenvalue weighted by atomic mass is 35.5. The molecule has 2 atom stereocenters. The molecular weight excluding hydrogens is 406 g/mol. The SMILES string of the molecule is Cc1cc(NC(=O)[C@H]2CNC[C@@H]2c2cnn(C)c2)ccc1NC(=O)c1ccco1.Cl. The Kier molecular flexibility index (Phi) is 6.59. The molecule has 0 spiro atoms. The van der Waals surface area contributed by atoms with Gasteiger partial charge in [0.05, 0.1) is 18.4 Å². The van der Waals surface area contributed by atoms with Gasteiger partial charge in [0, 0.05) is 43.6 Å². The van der Waals surface area contributed by atoms with E-state index >= 15 is 0 Å². The molecule has 30 heavy (non-hydrogen) atoms. The Bertz CT molecular complexity index is 1030. The molecule has 0 unspecified atom stereocenters. The van der Waals surface area contributed by atoms with E-state index in [-0.39, 0.29) is 41.8 Å². The highest BCUT2D eigenvalue weighted by Crippen LogP contribution is 2.29. The van der Waals surface area contributed by atoms with Crippen molar-refractivity contribution in [1.29, 1.82) is 0 Å². The molecule has 0 bridgehead atoms. The summed E-state index contributed by atoms with van der Waals surface area (Å²) in [5.41, 5.74) is 3.27. The van der Waals surface area contributed by atoms with E-state index in [1.165, 1.54) is 6.26 Å². The predicted molar refractivity (Wildman–Crippen MR) is 116 cm³/mol. The van der Waals surface area contributed by atoms with Crippen molar-refractivity contribution >= 4 is 35.6 Å². The maximum Gasteiger partial charge on any atom is 0.291 e. The van der Waals surface area contributed by atoms with Crippen molar-refractivity contribution in [2.24, 2.45) is 13.0 Å². The quantitative estimate of drug-likeness (QED) is 0.578. The monoisotopic (exact) mass is 429 g/mol. The summed E-state index contributed by atoms with van der Waals surface area (Å²) in [4.78, 5) is 25.0. The van der Waals surface area contributed by atoms with Gasteiger partial charge in [-0.1, -0.05) is 0 Å². The van der Waals surface area contributed by atoms with Crippen LogP contribution in [0.4, 0.5) is 11.4 Å². The number of aromatic nitrogens is 2. The number of hydrogen-bond acceptors (Lipinski definition) is 5. The Morgan fingerprint density at radius 1 is 1.23 bits per heavy atom. The zero-order valence-corrected chi connectivity index (χ0v) is 17.5. The molecular formula is C21H24ClN5O3. The number of hydrogen-bond donors (Lipinski definition) is 3. The molecule has 1 aliphatic rings. The lowest BCUT2D eigenvalue weighted by molar-refractivity contribution is -0.119. The smallest absolute Gasteiger partial charge is 0.291 e. The number of furan rings is 1. The summed E-state index contributed by atoms with van der Waals surface area (Å²) in [6.45, 7) is 3.26. The van der Waals surface area contributed by atoms with Gasteiger partial charge in [0.1, 0.15) is 0 Å². The minimum atomic E-state index is -0.314. The van der Waals surface area contributed by atoms with Gasteiger partial charge in [0.15, 0.2) is 5.76 Å². The molecule has 1 saturated heterocycles. The minimum absolute atomic E-state index is 0. The molecule has 1 fully saturated rings. The highest BCUT2D eigenvalue weighted by molar-refractivity contribution is 6.03. The van der Waals surface area contributed by atoms with Crippen LogP contribution in [0.25, 0.3) is 0 Å². The summed E-state index contributed by atoms with van der Waals surface area (Å²) in [6, 6.07) is 8.67. The van der Waals surface area contributed by atoms with Crippen molar-refractivity contribution in [2.45, 2.75) is 12.8 Å². The maximum absolute atomic E-state index is 12.9. The van der Waals surface area contributed by atoms with Crippen LogP contribution in [0.2, 0.25) is 0 Å². The number of nitrogens with one attached hydrogen (secondary N) is 3. The average Bonchev–Trinajstić information content (AvgIpc) is 3.44. The molecule has 9 heteroatoms. The van der Waals surface area contributed by atoms with E-state index in [1.54, 1.807) is 28.9 Å². The molecule has 2 aromatic heterocycles. The van der Waals surface area contributed by atoms with Crippen LogP contribution in [0.3, 0.4) is 0 Å². The standard InChI is InChI=1S/C21H23N5O3.ClH/c1-13-8-15(5-6-18(13)25-21(28)19-4-3-7-29-19)24-20(27)17-11-22-10-16(17)14-9-23-26(2)12-14;/h3-9,12,16-17,22H,10-11H2,1-2H3,(H,24,27)(H,25,28);1H/t16-,17+;/m1./s1. The minimum Gasteiger partial charge on any atom is -0.459 e. The normalized spacial score (nSPS) is 17.9. The Hall–Kier alpha value is -3.10. The second-order valence-electron chi connectivity index (χ2n) is 7.27. The van der Waals surface area contributed by atoms with Crippen LogP contribution in [-0.2, 0) is 11.8 Å². The zero-order valence-electron chi connectivity index (χ0n) is 16.7. The first-order valence-corrected chi connectivity index (χ1v) is 9.47. The van der Waals surface area contributed by atoms with Crippen LogP contribution in [-0.4, -0.2) is 34.7 Å². The Morgan fingerprint density at radius 3 is 2.73 bits per heavy atom. The molecule has 1 aliphatic heterocycles. The van der Waals surface area contributed by atoms with Gasteiger partial charge < -0.3 is 20.4 Å². The third kappa shape index (κ3) is 4.55. The first-order valence-electron chi connectivity index (χ1n) is 9.47. The van der Waals surface area contributed by atoms with E-state index in [1.807, 2.05) is 32.4 Å². The fraction of sp³-hybridized carbons (Fsp3) is 0.286. The third-order valence-electron chi connectivity index (χ3n) is 5.19. The Balaban J connectivity index is 0.00000256. The second-order valence-corrected chi connectivity index (χ2v) is 7.27. The molecule has 3 heterocycles. The van der Waals surface area contributed by atoms with Gasteiger partial charge in [-0.3, -0.25) is 14.3 Å². The fourth-order valence-corrected chi connectivity index (χ4v) is 3.64. The van der Waals surface area contributed by atoms with Crippen LogP contribution < -0.4 is 16.0 Å². The zero-order chi connectivity index (χ0) is 20.4. The first-order chi connectivity index (χ1) is 14.0. The molecule has 2 amide bonds. The predicted octanol–water partition coefficient (Wildman–Crippen LogP) is 2.94. The van der Waals surface area contributed by atoms with Crippen molar-refractivity contribution in [3.05, 3.63) is 65.9 Å². The van der Waals surface area contributed by atoms with E-state index in [9.17, 15) is 9.59 Å². The Morgan fingerprint density at radius 2 is 2.07 bits per heavy atom. The van der Waals surface area contributed by atoms with Gasteiger partial charge in [-0.05, 0) is 48.4 Å². The van der Waals surface area contributed by atoms with Crippen LogP contribution in [0.15, 0.2) is 53.4 Å². The molecule has 0 radical (unpaired) electrons. The second kappa shape index (κ2) is 9.15. The van der Waals surface area contributed by atoms with Gasteiger partial charge in [-0.15, -0.1) is 12.4 Å². The number of carbonyl (C=O) groups excluding carboxylic acids is 2. The fourth-order valence-electron chi connectivity index (χ4n) is 3.64. The maximum atomic E-state index is 12.9. The summed E-state index contributed by atoms with van der Waals surface area (Å²) < 4.78 is 6.86. The molecule has 4 rings (SSSR count). The third-order valence-corrected chi connectivity index (χ3v) is 5.19. The van der Waals surface area contributed by atoms with E-state index in [0.717, 1.165) is 17.7 Å². The van der Waals surface area contributed by atoms with E-state index in [0.29, 0.717) is 17.9 Å². The van der Waals surface area contributed by atoms with Crippen molar-refractivity contribution in [3.63, 3.8) is 0 Å². The topological polar surface area (TPSA) is 101 Å². The summed E-state index contributed by atoms with van der Waals surface area (Å²) in [5, 5.41) is 13.3. The summed E-state index contributed by atoms with van der Waals surface area (Å²) in [7, 11) is 1.87. The van der Waals surface area contributed by atoms with Gasteiger partial charge >= 0.3 is 0 Å². The lowest BCUT2D eigenvalue weighted by Gasteiger charge is -2.17. The summed E-state index contributed by atoms with van der Waals surface area (Å²) >= 11 is 0. The number of carbonyl (C=O) groups is 2. The number of amides is 2. The van der Waals surface area contributed by atoms with E-state index in [4.69, 9.17) is 4.42 Å². The van der Waals surface area contributed by atoms with Crippen molar-refractivity contribution in [3.8, 4) is 0 Å². The highest BCUT2D eigenvalue weighted by Gasteiger charge is 2.34. The lowest BCUT2D eigenvalue weighted by atomic mass is 9.90. The molecule has 0 saturated carbocycles. The van der Waals surface area contributed by atoms with Crippen molar-refractivity contribution < 1.29 is 14.0 Å². The molecule has 158 valence electrons. The van der Waals surface area contributed by atoms with E-state index in [2.05, 4.69) is 21.0 Å². The number of anilines is 2. The summed E-state index contributed by atoms with van der Waals surface area (Å²) in [5.74, 6) is -0.173. The summed E-state index contributed by atoms with van der Waals surface area (Å²) in [6.07, 6.45) is 5.23. The number of benzene rings is 1. The first kappa shape index (κ1) is 21.6. The number of aryl methyl sites for hydroxylation is 2. The van der Waals surface area contributed by atoms with Crippen LogP contribution in [0.1, 0.15) is 27.6 Å². The number of rotatable bonds is 5. The van der Waals surface area contributed by atoms with Crippen LogP contribution in [0.5, 0.6) is 0 Å². The molecule has 8 nitrogen and oxygen atoms in total. The average molecular weight is 430 g/mol. The van der Waals surface area contributed by atoms with Gasteiger partial charge in [0.25, 0.3) is 5.91 Å². The van der Waals surface area contributed by atoms with Crippen molar-refractivity contribution in [2.75, 3.05) is 23.7 Å². The van der Waals surface area contributed by atoms with Crippen LogP contribution >= 0.6 is 12.4 Å². The number of nitrogens with zero attached hydrogens (tertiary/aromatic N) is 2. The van der Waals surface area contributed by atoms with Crippen molar-refractivity contribution in [1.82, 2.24) is 15.1 Å². The largest absolute Gasteiger partial charge is 0.459 e. The van der Waals surface area contributed by atoms with Gasteiger partial charge in [-0.25, -0.2) is 0 Å². The lowest BCUT2D eigenvalue weighted by Crippen LogP contribution is -2.28. The molecule has 0 aliphatic carbocycles. The molecule has 3 N–H and O–H groups in total. The molecule has 1 aromatic carbocycles.